The molecule has 0 bridgehead atoms. The Morgan fingerprint density at radius 3 is 2.38 bits per heavy atom. The fourth-order valence-electron chi connectivity index (χ4n) is 2.66. The van der Waals surface area contributed by atoms with E-state index in [1.165, 1.54) is 0 Å². The van der Waals surface area contributed by atoms with E-state index in [4.69, 9.17) is 17.0 Å². The first-order valence-electron chi connectivity index (χ1n) is 7.96. The first-order valence-corrected chi connectivity index (χ1v) is 8.36. The first-order chi connectivity index (χ1) is 11.9. The number of carbonyl (C=O) groups excluding carboxylic acids is 1. The molecule has 1 aliphatic heterocycles. The second kappa shape index (κ2) is 8.56. The van der Waals surface area contributed by atoms with Crippen molar-refractivity contribution in [2.24, 2.45) is 7.05 Å². The van der Waals surface area contributed by atoms with Crippen LogP contribution < -0.4 is 4.74 Å². The second-order valence-corrected chi connectivity index (χ2v) is 6.57. The molecule has 1 amide bonds. The first kappa shape index (κ1) is 21.0. The molecule has 1 radical (unpaired) electrons. The Kier molecular flexibility index (Phi) is 6.90. The average molecular weight is 448 g/mol. The summed E-state index contributed by atoms with van der Waals surface area (Å²) in [6, 6.07) is 3.52. The summed E-state index contributed by atoms with van der Waals surface area (Å²) in [5.41, 5.74) is 2.08. The van der Waals surface area contributed by atoms with Crippen molar-refractivity contribution in [2.75, 3.05) is 33.2 Å². The molecule has 0 atom stereocenters. The van der Waals surface area contributed by atoms with Gasteiger partial charge in [0, 0.05) is 65.9 Å². The van der Waals surface area contributed by atoms with E-state index in [-0.39, 0.29) is 38.8 Å². The van der Waals surface area contributed by atoms with Gasteiger partial charge >= 0.3 is 6.09 Å². The van der Waals surface area contributed by atoms with Crippen molar-refractivity contribution in [3.63, 3.8) is 0 Å². The van der Waals surface area contributed by atoms with E-state index in [0.29, 0.717) is 40.6 Å². The normalized spacial score (nSPS) is 14.8. The zero-order valence-corrected chi connectivity index (χ0v) is 18.6. The van der Waals surface area contributed by atoms with Gasteiger partial charge in [-0.1, -0.05) is 0 Å². The van der Waals surface area contributed by atoms with Crippen molar-refractivity contribution in [2.45, 2.75) is 0 Å². The molecule has 1 aliphatic rings. The third kappa shape index (κ3) is 4.31. The van der Waals surface area contributed by atoms with Crippen molar-refractivity contribution in [3.8, 4) is 17.1 Å². The van der Waals surface area contributed by atoms with Crippen molar-refractivity contribution in [3.05, 3.63) is 41.9 Å². The molecular weight excluding hydrogens is 427 g/mol. The van der Waals surface area contributed by atoms with E-state index in [2.05, 4.69) is 28.9 Å². The molecule has 26 heavy (non-hydrogen) atoms. The average Bonchev–Trinajstić information content (AvgIpc) is 2.91. The molecule has 137 valence electrons. The van der Waals surface area contributed by atoms with Crippen LogP contribution in [0.25, 0.3) is 11.4 Å². The molecule has 3 rings (SSSR count). The quantitative estimate of drug-likeness (QED) is 0.564. The Morgan fingerprint density at radius 2 is 1.81 bits per heavy atom. The van der Waals surface area contributed by atoms with Crippen LogP contribution in [0.2, 0.25) is 0 Å². The maximum atomic E-state index is 12.5. The number of rotatable bonds is 2. The summed E-state index contributed by atoms with van der Waals surface area (Å²) in [6.45, 7) is 10.8. The SMILES string of the molecule is [CH2-]c1cc(OC(=O)N2CCN(C)CC2)c(-c2n[nH]c(=S)n2C)cc1[CH2-].[Y]. The molecule has 1 saturated heterocycles. The van der Waals surface area contributed by atoms with E-state index in [1.54, 1.807) is 28.6 Å². The predicted octanol–water partition coefficient (Wildman–Crippen LogP) is 2.25. The molecule has 9 heteroatoms. The van der Waals surface area contributed by atoms with Crippen LogP contribution in [0, 0.1) is 18.6 Å². The smallest absolute Gasteiger partial charge is 0.414 e. The number of aromatic nitrogens is 3. The van der Waals surface area contributed by atoms with E-state index in [0.717, 1.165) is 18.7 Å². The van der Waals surface area contributed by atoms with Gasteiger partial charge in [0.1, 0.15) is 0 Å². The molecule has 0 saturated carbocycles. The minimum Gasteiger partial charge on any atom is -0.425 e. The number of nitrogens with one attached hydrogen (secondary N) is 1. The molecule has 1 aromatic heterocycles. The Hall–Kier alpha value is -1.35. The zero-order chi connectivity index (χ0) is 18.1. The van der Waals surface area contributed by atoms with Gasteiger partial charge in [0.2, 0.25) is 0 Å². The Morgan fingerprint density at radius 1 is 1.19 bits per heavy atom. The molecule has 0 spiro atoms. The monoisotopic (exact) mass is 448 g/mol. The molecule has 1 N–H and O–H groups in total. The van der Waals surface area contributed by atoms with Crippen molar-refractivity contribution in [1.82, 2.24) is 24.6 Å². The number of carbonyl (C=O) groups is 1. The van der Waals surface area contributed by atoms with Gasteiger partial charge in [-0.2, -0.15) is 11.2 Å². The fourth-order valence-corrected chi connectivity index (χ4v) is 2.79. The molecule has 7 nitrogen and oxygen atoms in total. The van der Waals surface area contributed by atoms with Crippen LogP contribution in [-0.4, -0.2) is 63.9 Å². The van der Waals surface area contributed by atoms with Crippen molar-refractivity contribution in [1.29, 1.82) is 0 Å². The molecule has 0 aliphatic carbocycles. The van der Waals surface area contributed by atoms with Crippen LogP contribution in [0.15, 0.2) is 12.1 Å². The summed E-state index contributed by atoms with van der Waals surface area (Å²) in [6.07, 6.45) is -0.373. The Labute approximate surface area is 183 Å². The number of benzene rings is 1. The van der Waals surface area contributed by atoms with Crippen LogP contribution in [0.3, 0.4) is 0 Å². The number of H-pyrrole nitrogens is 1. The zero-order valence-electron chi connectivity index (χ0n) is 15.0. The van der Waals surface area contributed by atoms with Gasteiger partial charge in [-0.3, -0.25) is 30.1 Å². The molecule has 1 fully saturated rings. The van der Waals surface area contributed by atoms with Crippen LogP contribution in [-0.2, 0) is 39.8 Å². The van der Waals surface area contributed by atoms with E-state index in [1.807, 2.05) is 7.05 Å². The van der Waals surface area contributed by atoms with E-state index < -0.39 is 0 Å². The third-order valence-electron chi connectivity index (χ3n) is 4.38. The van der Waals surface area contributed by atoms with Gasteiger partial charge < -0.3 is 19.1 Å². The third-order valence-corrected chi connectivity index (χ3v) is 4.75. The van der Waals surface area contributed by atoms with Gasteiger partial charge in [-0.25, -0.2) is 10.9 Å². The number of amides is 1. The summed E-state index contributed by atoms with van der Waals surface area (Å²) < 4.78 is 7.88. The summed E-state index contributed by atoms with van der Waals surface area (Å²) in [5.74, 6) is 0.981. The summed E-state index contributed by atoms with van der Waals surface area (Å²) >= 11 is 5.17. The minimum atomic E-state index is -0.373. The van der Waals surface area contributed by atoms with Crippen LogP contribution in [0.1, 0.15) is 11.1 Å². The summed E-state index contributed by atoms with van der Waals surface area (Å²) in [7, 11) is 3.83. The largest absolute Gasteiger partial charge is 0.425 e. The molecule has 0 unspecified atom stereocenters. The van der Waals surface area contributed by atoms with Gasteiger partial charge in [-0.05, 0) is 24.8 Å². The number of hydrogen-bond acceptors (Lipinski definition) is 5. The number of hydrogen-bond donors (Lipinski definition) is 1. The maximum Gasteiger partial charge on any atom is 0.414 e. The molecule has 1 aromatic carbocycles. The van der Waals surface area contributed by atoms with E-state index >= 15 is 0 Å². The van der Waals surface area contributed by atoms with Crippen molar-refractivity contribution >= 4 is 18.3 Å². The van der Waals surface area contributed by atoms with Gasteiger partial charge in [0.25, 0.3) is 0 Å². The van der Waals surface area contributed by atoms with Gasteiger partial charge in [-0.15, -0.1) is 0 Å². The molecule has 2 heterocycles. The summed E-state index contributed by atoms with van der Waals surface area (Å²) in [4.78, 5) is 16.4. The molecule has 2 aromatic rings. The van der Waals surface area contributed by atoms with Gasteiger partial charge in [0.05, 0.1) is 5.75 Å². The standard InChI is InChI=1S/C17H21N5O2S.Y/c1-11-9-13(15-18-19-16(25)21(15)4)14(10-12(11)2)24-17(23)22-7-5-20(3)6-8-22;/h9-10H,1-2,5-8H2,3-4H3,(H,19,25);/q-2;. The minimum absolute atomic E-state index is 0. The number of aromatic amines is 1. The van der Waals surface area contributed by atoms with Crippen LogP contribution >= 0.6 is 12.2 Å². The second-order valence-electron chi connectivity index (χ2n) is 6.19. The number of nitrogens with zero attached hydrogens (tertiary/aromatic N) is 4. The number of piperazine rings is 1. The van der Waals surface area contributed by atoms with Gasteiger partial charge in [0.15, 0.2) is 10.6 Å². The van der Waals surface area contributed by atoms with Crippen molar-refractivity contribution < 1.29 is 42.2 Å². The Balaban J connectivity index is 0.00000243. The Bertz CT molecular complexity index is 855. The predicted molar refractivity (Wildman–Crippen MR) is 97.8 cm³/mol. The fraction of sp³-hybridized carbons (Fsp3) is 0.353. The van der Waals surface area contributed by atoms with E-state index in [9.17, 15) is 4.79 Å². The van der Waals surface area contributed by atoms with Crippen LogP contribution in [0.5, 0.6) is 5.75 Å². The summed E-state index contributed by atoms with van der Waals surface area (Å²) in [5, 5.41) is 6.97. The maximum absolute atomic E-state index is 12.5. The molecular formula is C17H21N5O2SY-2. The van der Waals surface area contributed by atoms with Crippen LogP contribution in [0.4, 0.5) is 4.79 Å². The topological polar surface area (TPSA) is 66.4 Å². The number of ether oxygens (including phenoxy) is 1. The number of likely N-dealkylation sites (N-methyl/N-ethyl adjacent to an activating group) is 1.